The first-order valence-electron chi connectivity index (χ1n) is 8.39. The molecule has 2 rings (SSSR count). The highest BCUT2D eigenvalue weighted by molar-refractivity contribution is 7.89. The molecule has 1 N–H and O–H groups in total. The van der Waals surface area contributed by atoms with Crippen LogP contribution in [0.4, 0.5) is 4.39 Å². The average Bonchev–Trinajstić information content (AvgIpc) is 2.57. The fraction of sp³-hybridized carbons (Fsp3) is 0.588. The smallest absolute Gasteiger partial charge is 0.223 e. The van der Waals surface area contributed by atoms with Gasteiger partial charge in [-0.25, -0.2) is 17.1 Å². The highest BCUT2D eigenvalue weighted by Crippen LogP contribution is 2.14. The molecular weight excluding hydrogens is 331 g/mol. The lowest BCUT2D eigenvalue weighted by Gasteiger charge is -2.26. The lowest BCUT2D eigenvalue weighted by molar-refractivity contribution is -0.124. The van der Waals surface area contributed by atoms with Crippen LogP contribution in [0.1, 0.15) is 31.7 Å². The predicted octanol–water partition coefficient (Wildman–Crippen LogP) is 1.94. The summed E-state index contributed by atoms with van der Waals surface area (Å²) in [4.78, 5) is 12.1. The maximum Gasteiger partial charge on any atom is 0.223 e. The summed E-state index contributed by atoms with van der Waals surface area (Å²) in [5.74, 6) is -1.10. The van der Waals surface area contributed by atoms with Crippen LogP contribution >= 0.6 is 0 Å². The number of carbonyl (C=O) groups excluding carboxylic acids is 1. The van der Waals surface area contributed by atoms with Crippen LogP contribution in [-0.4, -0.2) is 44.0 Å². The van der Waals surface area contributed by atoms with E-state index in [0.717, 1.165) is 19.3 Å². The van der Waals surface area contributed by atoms with Crippen molar-refractivity contribution in [1.82, 2.24) is 9.62 Å². The first-order chi connectivity index (χ1) is 11.4. The first kappa shape index (κ1) is 18.9. The third-order valence-electron chi connectivity index (χ3n) is 4.30. The third-order valence-corrected chi connectivity index (χ3v) is 6.17. The Morgan fingerprint density at radius 1 is 1.25 bits per heavy atom. The quantitative estimate of drug-likeness (QED) is 0.812. The molecule has 1 aromatic rings. The van der Waals surface area contributed by atoms with Crippen LogP contribution in [0.15, 0.2) is 24.3 Å². The van der Waals surface area contributed by atoms with Crippen LogP contribution < -0.4 is 5.32 Å². The van der Waals surface area contributed by atoms with E-state index in [2.05, 4.69) is 5.32 Å². The van der Waals surface area contributed by atoms with E-state index in [9.17, 15) is 17.6 Å². The standard InChI is InChI=1S/C17H25FN2O3S/c1-14(13-15-7-3-4-8-16(15)18)17(21)19-9-12-24(22,23)20-10-5-2-6-11-20/h3-4,7-8,14H,2,5-6,9-13H2,1H3,(H,19,21). The molecule has 0 spiro atoms. The Labute approximate surface area is 143 Å². The zero-order chi connectivity index (χ0) is 17.6. The fourth-order valence-electron chi connectivity index (χ4n) is 2.84. The molecule has 0 aromatic heterocycles. The van der Waals surface area contributed by atoms with Crippen molar-refractivity contribution in [2.24, 2.45) is 5.92 Å². The molecule has 1 amide bonds. The Morgan fingerprint density at radius 3 is 2.58 bits per heavy atom. The molecule has 1 aliphatic rings. The number of amides is 1. The van der Waals surface area contributed by atoms with Crippen LogP contribution in [0.25, 0.3) is 0 Å². The van der Waals surface area contributed by atoms with E-state index in [-0.39, 0.29) is 30.4 Å². The molecule has 1 unspecified atom stereocenters. The molecule has 134 valence electrons. The lowest BCUT2D eigenvalue weighted by Crippen LogP contribution is -2.41. The number of carbonyl (C=O) groups is 1. The number of benzene rings is 1. The molecule has 0 saturated carbocycles. The van der Waals surface area contributed by atoms with Gasteiger partial charge in [0.25, 0.3) is 0 Å². The number of halogens is 1. The molecule has 0 bridgehead atoms. The number of hydrogen-bond acceptors (Lipinski definition) is 3. The van der Waals surface area contributed by atoms with Crippen LogP contribution in [-0.2, 0) is 21.2 Å². The van der Waals surface area contributed by atoms with Crippen molar-refractivity contribution in [3.8, 4) is 0 Å². The van der Waals surface area contributed by atoms with Crippen molar-refractivity contribution in [2.75, 3.05) is 25.4 Å². The summed E-state index contributed by atoms with van der Waals surface area (Å²) >= 11 is 0. The minimum atomic E-state index is -3.31. The van der Waals surface area contributed by atoms with Crippen LogP contribution in [0.2, 0.25) is 0 Å². The van der Waals surface area contributed by atoms with Gasteiger partial charge in [0.1, 0.15) is 5.82 Å². The molecule has 0 aliphatic carbocycles. The maximum atomic E-state index is 13.6. The SMILES string of the molecule is CC(Cc1ccccc1F)C(=O)NCCS(=O)(=O)N1CCCCC1. The first-order valence-corrected chi connectivity index (χ1v) is 10.00. The van der Waals surface area contributed by atoms with Crippen LogP contribution in [0.5, 0.6) is 0 Å². The number of nitrogens with zero attached hydrogens (tertiary/aromatic N) is 1. The monoisotopic (exact) mass is 356 g/mol. The minimum absolute atomic E-state index is 0.0826. The Hall–Kier alpha value is -1.47. The Morgan fingerprint density at radius 2 is 1.92 bits per heavy atom. The molecule has 1 fully saturated rings. The zero-order valence-corrected chi connectivity index (χ0v) is 14.8. The molecule has 1 atom stereocenters. The molecular formula is C17H25FN2O3S. The van der Waals surface area contributed by atoms with Crippen molar-refractivity contribution in [3.05, 3.63) is 35.6 Å². The van der Waals surface area contributed by atoms with Crippen LogP contribution in [0.3, 0.4) is 0 Å². The van der Waals surface area contributed by atoms with E-state index in [1.807, 2.05) is 0 Å². The van der Waals surface area contributed by atoms with E-state index in [1.165, 1.54) is 10.4 Å². The summed E-state index contributed by atoms with van der Waals surface area (Å²) in [7, 11) is -3.31. The number of rotatable bonds is 7. The molecule has 1 aliphatic heterocycles. The van der Waals surface area contributed by atoms with Gasteiger partial charge < -0.3 is 5.32 Å². The van der Waals surface area contributed by atoms with Gasteiger partial charge in [0.15, 0.2) is 0 Å². The van der Waals surface area contributed by atoms with Crippen molar-refractivity contribution in [3.63, 3.8) is 0 Å². The number of nitrogens with one attached hydrogen (secondary N) is 1. The van der Waals surface area contributed by atoms with Gasteiger partial charge in [-0.1, -0.05) is 31.5 Å². The van der Waals surface area contributed by atoms with Gasteiger partial charge in [-0.05, 0) is 30.9 Å². The molecule has 7 heteroatoms. The average molecular weight is 356 g/mol. The Balaban J connectivity index is 1.79. The van der Waals surface area contributed by atoms with Crippen LogP contribution in [0, 0.1) is 11.7 Å². The summed E-state index contributed by atoms with van der Waals surface area (Å²) in [6, 6.07) is 6.36. The molecule has 1 aromatic carbocycles. The van der Waals surface area contributed by atoms with Gasteiger partial charge >= 0.3 is 0 Å². The van der Waals surface area contributed by atoms with Crippen molar-refractivity contribution < 1.29 is 17.6 Å². The van der Waals surface area contributed by atoms with E-state index in [1.54, 1.807) is 25.1 Å². The molecule has 1 saturated heterocycles. The Bertz CT molecular complexity index is 658. The predicted molar refractivity (Wildman–Crippen MR) is 91.5 cm³/mol. The number of sulfonamides is 1. The van der Waals surface area contributed by atoms with Gasteiger partial charge in [0.05, 0.1) is 5.75 Å². The second-order valence-corrected chi connectivity index (χ2v) is 8.35. The highest BCUT2D eigenvalue weighted by atomic mass is 32.2. The fourth-order valence-corrected chi connectivity index (χ4v) is 4.27. The second kappa shape index (κ2) is 8.58. The normalized spacial score (nSPS) is 17.4. The maximum absolute atomic E-state index is 13.6. The molecule has 24 heavy (non-hydrogen) atoms. The van der Waals surface area contributed by atoms with Crippen molar-refractivity contribution >= 4 is 15.9 Å². The lowest BCUT2D eigenvalue weighted by atomic mass is 10.00. The van der Waals surface area contributed by atoms with Gasteiger partial charge in [-0.3, -0.25) is 4.79 Å². The molecule has 0 radical (unpaired) electrons. The third kappa shape index (κ3) is 5.27. The Kier molecular flexibility index (Phi) is 6.74. The van der Waals surface area contributed by atoms with Crippen molar-refractivity contribution in [2.45, 2.75) is 32.6 Å². The second-order valence-electron chi connectivity index (χ2n) is 6.26. The van der Waals surface area contributed by atoms with Crippen molar-refractivity contribution in [1.29, 1.82) is 0 Å². The zero-order valence-electron chi connectivity index (χ0n) is 14.0. The van der Waals surface area contributed by atoms with Gasteiger partial charge in [-0.15, -0.1) is 0 Å². The summed E-state index contributed by atoms with van der Waals surface area (Å²) in [6.45, 7) is 2.93. The highest BCUT2D eigenvalue weighted by Gasteiger charge is 2.24. The summed E-state index contributed by atoms with van der Waals surface area (Å²) < 4.78 is 39.5. The van der Waals surface area contributed by atoms with Gasteiger partial charge in [-0.2, -0.15) is 0 Å². The molecule has 5 nitrogen and oxygen atoms in total. The molecule has 1 heterocycles. The van der Waals surface area contributed by atoms with E-state index >= 15 is 0 Å². The largest absolute Gasteiger partial charge is 0.355 e. The minimum Gasteiger partial charge on any atom is -0.355 e. The number of piperidine rings is 1. The van der Waals surface area contributed by atoms with E-state index in [0.29, 0.717) is 18.7 Å². The summed E-state index contributed by atoms with van der Waals surface area (Å²) in [5, 5.41) is 2.65. The number of hydrogen-bond donors (Lipinski definition) is 1. The van der Waals surface area contributed by atoms with E-state index < -0.39 is 15.9 Å². The van der Waals surface area contributed by atoms with Gasteiger partial charge in [0, 0.05) is 25.6 Å². The summed E-state index contributed by atoms with van der Waals surface area (Å²) in [5.41, 5.74) is 0.487. The van der Waals surface area contributed by atoms with E-state index in [4.69, 9.17) is 0 Å². The van der Waals surface area contributed by atoms with Gasteiger partial charge in [0.2, 0.25) is 15.9 Å². The topological polar surface area (TPSA) is 66.5 Å². The summed E-state index contributed by atoms with van der Waals surface area (Å²) in [6.07, 6.45) is 3.14.